The number of halogens is 4. The summed E-state index contributed by atoms with van der Waals surface area (Å²) in [5.74, 6) is 0.828. The van der Waals surface area contributed by atoms with Gasteiger partial charge >= 0.3 is 0 Å². The lowest BCUT2D eigenvalue weighted by Crippen LogP contribution is -1.98. The first kappa shape index (κ1) is 17.1. The van der Waals surface area contributed by atoms with Crippen molar-refractivity contribution in [1.29, 1.82) is 0 Å². The Morgan fingerprint density at radius 3 is 2.52 bits per heavy atom. The van der Waals surface area contributed by atoms with Crippen LogP contribution in [0.5, 0.6) is 5.75 Å². The molecule has 0 spiro atoms. The van der Waals surface area contributed by atoms with Gasteiger partial charge in [0.15, 0.2) is 0 Å². The van der Waals surface area contributed by atoms with Gasteiger partial charge in [0.2, 0.25) is 0 Å². The summed E-state index contributed by atoms with van der Waals surface area (Å²) in [5.41, 5.74) is 1.92. The monoisotopic (exact) mass is 450 g/mol. The van der Waals surface area contributed by atoms with Crippen molar-refractivity contribution >= 4 is 55.1 Å². The summed E-state index contributed by atoms with van der Waals surface area (Å²) in [6.07, 6.45) is 0.974. The van der Waals surface area contributed by atoms with E-state index >= 15 is 0 Å². The first-order chi connectivity index (χ1) is 10.0. The fraction of sp³-hybridized carbons (Fsp3) is 0.250. The van der Waals surface area contributed by atoms with Crippen LogP contribution in [0, 0.1) is 0 Å². The minimum atomic E-state index is -0.283. The van der Waals surface area contributed by atoms with E-state index in [0.717, 1.165) is 32.2 Å². The van der Waals surface area contributed by atoms with Crippen molar-refractivity contribution in [2.45, 2.75) is 18.7 Å². The molecule has 2 rings (SSSR count). The highest BCUT2D eigenvalue weighted by Crippen LogP contribution is 2.38. The lowest BCUT2D eigenvalue weighted by atomic mass is 10.0. The standard InChI is InChI=1S/C16H14Br2Cl2O/c1-2-7-21-15-6-3-10(8-14(15)18)16(20)12-9-11(19)4-5-13(12)17/h3-6,8-9,16H,2,7H2,1H3. The second-order valence-electron chi connectivity index (χ2n) is 4.57. The highest BCUT2D eigenvalue weighted by Gasteiger charge is 2.16. The van der Waals surface area contributed by atoms with Gasteiger partial charge < -0.3 is 4.74 Å². The highest BCUT2D eigenvalue weighted by atomic mass is 79.9. The van der Waals surface area contributed by atoms with Crippen LogP contribution in [-0.4, -0.2) is 6.61 Å². The zero-order chi connectivity index (χ0) is 15.4. The molecule has 0 N–H and O–H groups in total. The lowest BCUT2D eigenvalue weighted by Gasteiger charge is -2.15. The molecule has 0 heterocycles. The van der Waals surface area contributed by atoms with Gasteiger partial charge in [-0.2, -0.15) is 0 Å². The van der Waals surface area contributed by atoms with Crippen molar-refractivity contribution in [2.75, 3.05) is 6.61 Å². The van der Waals surface area contributed by atoms with Gasteiger partial charge in [-0.1, -0.05) is 40.5 Å². The van der Waals surface area contributed by atoms with Crippen LogP contribution in [0.25, 0.3) is 0 Å². The molecule has 0 radical (unpaired) electrons. The number of rotatable bonds is 5. The normalized spacial score (nSPS) is 12.2. The van der Waals surface area contributed by atoms with Crippen LogP contribution in [0.1, 0.15) is 29.8 Å². The molecule has 0 aliphatic carbocycles. The Balaban J connectivity index is 2.29. The molecule has 1 atom stereocenters. The van der Waals surface area contributed by atoms with E-state index in [1.165, 1.54) is 0 Å². The van der Waals surface area contributed by atoms with E-state index in [2.05, 4.69) is 38.8 Å². The van der Waals surface area contributed by atoms with Crippen molar-refractivity contribution < 1.29 is 4.74 Å². The molecule has 112 valence electrons. The van der Waals surface area contributed by atoms with Crippen LogP contribution in [0.2, 0.25) is 5.02 Å². The van der Waals surface area contributed by atoms with E-state index in [1.54, 1.807) is 0 Å². The van der Waals surface area contributed by atoms with Crippen molar-refractivity contribution in [3.63, 3.8) is 0 Å². The molecule has 21 heavy (non-hydrogen) atoms. The molecule has 0 bridgehead atoms. The number of benzene rings is 2. The molecular formula is C16H14Br2Cl2O. The zero-order valence-electron chi connectivity index (χ0n) is 11.4. The quantitative estimate of drug-likeness (QED) is 0.444. The average molecular weight is 453 g/mol. The molecule has 0 aromatic heterocycles. The van der Waals surface area contributed by atoms with E-state index in [-0.39, 0.29) is 5.38 Å². The van der Waals surface area contributed by atoms with Gasteiger partial charge in [-0.25, -0.2) is 0 Å². The molecule has 2 aromatic rings. The number of alkyl halides is 1. The maximum Gasteiger partial charge on any atom is 0.133 e. The molecule has 0 aliphatic heterocycles. The summed E-state index contributed by atoms with van der Waals surface area (Å²) in [7, 11) is 0. The summed E-state index contributed by atoms with van der Waals surface area (Å²) in [5, 5.41) is 0.385. The Bertz CT molecular complexity index is 632. The van der Waals surface area contributed by atoms with Gasteiger partial charge in [0.05, 0.1) is 16.5 Å². The molecule has 0 saturated carbocycles. The second kappa shape index (κ2) is 7.87. The Morgan fingerprint density at radius 1 is 1.10 bits per heavy atom. The molecule has 0 saturated heterocycles. The van der Waals surface area contributed by atoms with Gasteiger partial charge in [-0.05, 0) is 63.8 Å². The number of hydrogen-bond donors (Lipinski definition) is 0. The van der Waals surface area contributed by atoms with Crippen molar-refractivity contribution in [3.8, 4) is 5.75 Å². The maximum absolute atomic E-state index is 6.59. The highest BCUT2D eigenvalue weighted by molar-refractivity contribution is 9.10. The Labute approximate surface area is 151 Å². The summed E-state index contributed by atoms with van der Waals surface area (Å²) >= 11 is 19.7. The largest absolute Gasteiger partial charge is 0.492 e. The lowest BCUT2D eigenvalue weighted by molar-refractivity contribution is 0.315. The minimum absolute atomic E-state index is 0.283. The van der Waals surface area contributed by atoms with Gasteiger partial charge in [-0.3, -0.25) is 0 Å². The Kier molecular flexibility index (Phi) is 6.42. The molecule has 5 heteroatoms. The predicted molar refractivity (Wildman–Crippen MR) is 96.8 cm³/mol. The number of hydrogen-bond acceptors (Lipinski definition) is 1. The van der Waals surface area contributed by atoms with Crippen LogP contribution in [0.4, 0.5) is 0 Å². The summed E-state index contributed by atoms with van der Waals surface area (Å²) in [4.78, 5) is 0. The van der Waals surface area contributed by atoms with E-state index in [1.807, 2.05) is 36.4 Å². The van der Waals surface area contributed by atoms with Gasteiger partial charge in [0.1, 0.15) is 5.75 Å². The maximum atomic E-state index is 6.59. The number of ether oxygens (including phenoxy) is 1. The first-order valence-electron chi connectivity index (χ1n) is 6.54. The SMILES string of the molecule is CCCOc1ccc(C(Cl)c2cc(Cl)ccc2Br)cc1Br. The molecule has 1 unspecified atom stereocenters. The van der Waals surface area contributed by atoms with E-state index in [4.69, 9.17) is 27.9 Å². The molecule has 0 aliphatic rings. The van der Waals surface area contributed by atoms with E-state index in [9.17, 15) is 0 Å². The minimum Gasteiger partial charge on any atom is -0.492 e. The summed E-state index contributed by atoms with van der Waals surface area (Å²) < 4.78 is 7.49. The average Bonchev–Trinajstić information content (AvgIpc) is 2.47. The van der Waals surface area contributed by atoms with Crippen LogP contribution in [-0.2, 0) is 0 Å². The van der Waals surface area contributed by atoms with Gasteiger partial charge in [-0.15, -0.1) is 11.6 Å². The fourth-order valence-electron chi connectivity index (χ4n) is 1.89. The first-order valence-corrected chi connectivity index (χ1v) is 8.94. The molecule has 0 fully saturated rings. The van der Waals surface area contributed by atoms with E-state index in [0.29, 0.717) is 11.6 Å². The van der Waals surface area contributed by atoms with E-state index < -0.39 is 0 Å². The Morgan fingerprint density at radius 2 is 1.86 bits per heavy atom. The zero-order valence-corrected chi connectivity index (χ0v) is 16.1. The predicted octanol–water partition coefficient (Wildman–Crippen LogP) is 6.98. The third kappa shape index (κ3) is 4.38. The third-order valence-electron chi connectivity index (χ3n) is 2.94. The van der Waals surface area contributed by atoms with Gasteiger partial charge in [0.25, 0.3) is 0 Å². The molecular weight excluding hydrogens is 439 g/mol. The van der Waals surface area contributed by atoms with Crippen LogP contribution >= 0.6 is 55.1 Å². The second-order valence-corrected chi connectivity index (χ2v) is 7.15. The van der Waals surface area contributed by atoms with Gasteiger partial charge in [0, 0.05) is 9.50 Å². The van der Waals surface area contributed by atoms with Crippen LogP contribution in [0.3, 0.4) is 0 Å². The van der Waals surface area contributed by atoms with Crippen molar-refractivity contribution in [3.05, 3.63) is 61.5 Å². The smallest absolute Gasteiger partial charge is 0.133 e. The van der Waals surface area contributed by atoms with Crippen LogP contribution < -0.4 is 4.74 Å². The van der Waals surface area contributed by atoms with Crippen molar-refractivity contribution in [2.24, 2.45) is 0 Å². The Hall–Kier alpha value is -0.220. The molecule has 1 nitrogen and oxygen atoms in total. The summed E-state index contributed by atoms with van der Waals surface area (Å²) in [6, 6.07) is 11.5. The summed E-state index contributed by atoms with van der Waals surface area (Å²) in [6.45, 7) is 2.77. The molecule has 2 aromatic carbocycles. The topological polar surface area (TPSA) is 9.23 Å². The fourth-order valence-corrected chi connectivity index (χ4v) is 3.51. The van der Waals surface area contributed by atoms with Crippen LogP contribution in [0.15, 0.2) is 45.3 Å². The third-order valence-corrected chi connectivity index (χ3v) is 5.01. The molecule has 0 amide bonds. The van der Waals surface area contributed by atoms with Crippen molar-refractivity contribution in [1.82, 2.24) is 0 Å².